The molecule has 0 spiro atoms. The molecular formula is C25H45N3. The van der Waals surface area contributed by atoms with Crippen molar-refractivity contribution >= 4 is 0 Å². The van der Waals surface area contributed by atoms with E-state index in [1.54, 1.807) is 12.8 Å². The summed E-state index contributed by atoms with van der Waals surface area (Å²) in [6, 6.07) is 0.805. The Kier molecular flexibility index (Phi) is 6.05. The molecule has 6 aliphatic rings. The molecule has 3 nitrogen and oxygen atoms in total. The van der Waals surface area contributed by atoms with Gasteiger partial charge >= 0.3 is 0 Å². The van der Waals surface area contributed by atoms with Crippen molar-refractivity contribution in [2.45, 2.75) is 122 Å². The second-order valence-electron chi connectivity index (χ2n) is 11.3. The average molecular weight is 388 g/mol. The standard InChI is InChI=1S/C25H45N3/c1-18-16-23-17-27-25(18)28(19(2)26-27)24-11-5-3-4-8-21(14-15-24)20-9-6-7-10-22(23)13-12-20/h18-26H,3-17H2,1-2H3. The predicted octanol–water partition coefficient (Wildman–Crippen LogP) is 5.77. The lowest BCUT2D eigenvalue weighted by molar-refractivity contribution is -0.0296. The lowest BCUT2D eigenvalue weighted by Crippen LogP contribution is -2.55. The Morgan fingerprint density at radius 3 is 2.00 bits per heavy atom. The highest BCUT2D eigenvalue weighted by atomic mass is 15.7. The largest absolute Gasteiger partial charge is 0.267 e. The van der Waals surface area contributed by atoms with Gasteiger partial charge in [0.05, 0.1) is 12.3 Å². The summed E-state index contributed by atoms with van der Waals surface area (Å²) in [5.74, 6) is 4.79. The van der Waals surface area contributed by atoms with Gasteiger partial charge in [-0.2, -0.15) is 0 Å². The third-order valence-electron chi connectivity index (χ3n) is 9.59. The molecule has 10 atom stereocenters. The average Bonchev–Trinajstić information content (AvgIpc) is 3.03. The molecule has 8 bridgehead atoms. The van der Waals surface area contributed by atoms with E-state index in [9.17, 15) is 0 Å². The summed E-state index contributed by atoms with van der Waals surface area (Å²) in [6.07, 6.45) is 22.1. The fourth-order valence-corrected chi connectivity index (χ4v) is 8.24. The van der Waals surface area contributed by atoms with E-state index in [0.717, 1.165) is 35.6 Å². The molecule has 1 N–H and O–H groups in total. The summed E-state index contributed by atoms with van der Waals surface area (Å²) in [5.41, 5.74) is 3.95. The van der Waals surface area contributed by atoms with Crippen LogP contribution in [0.2, 0.25) is 0 Å². The maximum atomic E-state index is 3.95. The molecule has 6 fully saturated rings. The summed E-state index contributed by atoms with van der Waals surface area (Å²) >= 11 is 0. The Balaban J connectivity index is 1.49. The third kappa shape index (κ3) is 3.81. The van der Waals surface area contributed by atoms with Crippen LogP contribution in [0.25, 0.3) is 0 Å². The monoisotopic (exact) mass is 387 g/mol. The summed E-state index contributed by atoms with van der Waals surface area (Å²) in [5, 5.41) is 2.71. The molecule has 4 saturated heterocycles. The van der Waals surface area contributed by atoms with E-state index in [1.807, 2.05) is 0 Å². The lowest BCUT2D eigenvalue weighted by Gasteiger charge is -2.46. The first-order valence-corrected chi connectivity index (χ1v) is 13.0. The number of piperidine rings is 1. The highest BCUT2D eigenvalue weighted by Crippen LogP contribution is 2.45. The molecular weight excluding hydrogens is 342 g/mol. The van der Waals surface area contributed by atoms with Crippen molar-refractivity contribution in [3.05, 3.63) is 0 Å². The van der Waals surface area contributed by atoms with Gasteiger partial charge in [0.15, 0.2) is 0 Å². The number of fused-ring (bicyclic) bond motifs is 1. The van der Waals surface area contributed by atoms with E-state index in [-0.39, 0.29) is 0 Å². The van der Waals surface area contributed by atoms with Crippen molar-refractivity contribution in [1.29, 1.82) is 0 Å². The topological polar surface area (TPSA) is 18.5 Å². The van der Waals surface area contributed by atoms with Gasteiger partial charge in [0.25, 0.3) is 0 Å². The van der Waals surface area contributed by atoms with E-state index in [4.69, 9.17) is 0 Å². The molecule has 28 heavy (non-hydrogen) atoms. The molecule has 2 aliphatic carbocycles. The zero-order valence-corrected chi connectivity index (χ0v) is 18.6. The first-order chi connectivity index (χ1) is 13.7. The summed E-state index contributed by atoms with van der Waals surface area (Å²) in [6.45, 7) is 6.32. The number of nitrogens with zero attached hydrogens (tertiary/aromatic N) is 2. The van der Waals surface area contributed by atoms with Gasteiger partial charge in [-0.05, 0) is 75.0 Å². The third-order valence-corrected chi connectivity index (χ3v) is 9.59. The van der Waals surface area contributed by atoms with Crippen molar-refractivity contribution in [1.82, 2.24) is 15.3 Å². The number of nitrogens with one attached hydrogen (secondary N) is 1. The molecule has 0 aromatic rings. The maximum absolute atomic E-state index is 3.95. The summed E-state index contributed by atoms with van der Waals surface area (Å²) in [4.78, 5) is 2.95. The Morgan fingerprint density at radius 2 is 1.25 bits per heavy atom. The van der Waals surface area contributed by atoms with Crippen molar-refractivity contribution in [2.24, 2.45) is 29.6 Å². The fraction of sp³-hybridized carbons (Fsp3) is 1.00. The zero-order chi connectivity index (χ0) is 19.1. The summed E-state index contributed by atoms with van der Waals surface area (Å²) in [7, 11) is 0. The molecule has 0 aromatic heterocycles. The first-order valence-electron chi connectivity index (χ1n) is 13.0. The van der Waals surface area contributed by atoms with Crippen LogP contribution < -0.4 is 5.43 Å². The van der Waals surface area contributed by atoms with Crippen LogP contribution in [-0.4, -0.2) is 34.8 Å². The van der Waals surface area contributed by atoms with Crippen LogP contribution >= 0.6 is 0 Å². The van der Waals surface area contributed by atoms with Crippen molar-refractivity contribution in [3.8, 4) is 0 Å². The van der Waals surface area contributed by atoms with Crippen LogP contribution in [0.1, 0.15) is 104 Å². The van der Waals surface area contributed by atoms with Crippen LogP contribution in [-0.2, 0) is 0 Å². The molecule has 160 valence electrons. The smallest absolute Gasteiger partial charge is 0.0799 e. The predicted molar refractivity (Wildman–Crippen MR) is 116 cm³/mol. The quantitative estimate of drug-likeness (QED) is 0.569. The Hall–Kier alpha value is -0.120. The number of hydrazine groups is 1. The van der Waals surface area contributed by atoms with Gasteiger partial charge in [0.1, 0.15) is 0 Å². The first kappa shape index (κ1) is 19.8. The molecule has 10 unspecified atom stereocenters. The normalized spacial score (nSPS) is 52.5. The van der Waals surface area contributed by atoms with Crippen molar-refractivity contribution < 1.29 is 0 Å². The molecule has 4 aliphatic heterocycles. The van der Waals surface area contributed by atoms with Crippen LogP contribution in [0.15, 0.2) is 0 Å². The Labute approximate surface area is 174 Å². The molecule has 0 amide bonds. The zero-order valence-electron chi connectivity index (χ0n) is 18.6. The van der Waals surface area contributed by atoms with Gasteiger partial charge < -0.3 is 0 Å². The second kappa shape index (κ2) is 8.55. The van der Waals surface area contributed by atoms with Crippen molar-refractivity contribution in [3.63, 3.8) is 0 Å². The lowest BCUT2D eigenvalue weighted by atomic mass is 9.71. The van der Waals surface area contributed by atoms with Gasteiger partial charge in [-0.3, -0.25) is 4.90 Å². The summed E-state index contributed by atoms with van der Waals surface area (Å²) < 4.78 is 0. The minimum Gasteiger partial charge on any atom is -0.267 e. The Morgan fingerprint density at radius 1 is 0.643 bits per heavy atom. The minimum atomic E-state index is 0.528. The van der Waals surface area contributed by atoms with E-state index in [2.05, 4.69) is 29.2 Å². The van der Waals surface area contributed by atoms with Gasteiger partial charge in [0.2, 0.25) is 0 Å². The van der Waals surface area contributed by atoms with Crippen molar-refractivity contribution in [2.75, 3.05) is 6.54 Å². The number of rotatable bonds is 0. The molecule has 0 radical (unpaired) electrons. The minimum absolute atomic E-state index is 0.528. The van der Waals surface area contributed by atoms with Crippen LogP contribution in [0.4, 0.5) is 0 Å². The highest BCUT2D eigenvalue weighted by molar-refractivity contribution is 4.96. The Bertz CT molecular complexity index is 522. The maximum Gasteiger partial charge on any atom is 0.0799 e. The fourth-order valence-electron chi connectivity index (χ4n) is 8.24. The van der Waals surface area contributed by atoms with Crippen LogP contribution in [0.3, 0.4) is 0 Å². The van der Waals surface area contributed by atoms with E-state index >= 15 is 0 Å². The van der Waals surface area contributed by atoms with Gasteiger partial charge in [-0.15, -0.1) is 0 Å². The van der Waals surface area contributed by atoms with E-state index in [1.165, 1.54) is 83.6 Å². The second-order valence-corrected chi connectivity index (χ2v) is 11.3. The molecule has 2 saturated carbocycles. The van der Waals surface area contributed by atoms with Crippen LogP contribution in [0.5, 0.6) is 0 Å². The van der Waals surface area contributed by atoms with Gasteiger partial charge in [0, 0.05) is 12.6 Å². The molecule has 4 heterocycles. The molecule has 6 rings (SSSR count). The highest BCUT2D eigenvalue weighted by Gasteiger charge is 2.48. The van der Waals surface area contributed by atoms with Gasteiger partial charge in [-0.25, -0.2) is 10.4 Å². The van der Waals surface area contributed by atoms with E-state index < -0.39 is 0 Å². The van der Waals surface area contributed by atoms with Crippen LogP contribution in [0, 0.1) is 29.6 Å². The number of hydrogen-bond acceptors (Lipinski definition) is 3. The SMILES string of the molecule is CC1CC2CN3NC(C)N(C4CCCCCC(CC4)C4CCCCC2CC4)C13. The van der Waals surface area contributed by atoms with E-state index in [0.29, 0.717) is 12.3 Å². The number of hydrogen-bond donors (Lipinski definition) is 1. The molecule has 3 heteroatoms. The molecule has 0 aromatic carbocycles. The van der Waals surface area contributed by atoms with Gasteiger partial charge in [-0.1, -0.05) is 58.3 Å².